The van der Waals surface area contributed by atoms with E-state index in [1.807, 2.05) is 11.8 Å². The van der Waals surface area contributed by atoms with E-state index in [0.29, 0.717) is 23.9 Å². The Hall–Kier alpha value is -2.11. The van der Waals surface area contributed by atoms with E-state index >= 15 is 0 Å². The van der Waals surface area contributed by atoms with Crippen LogP contribution in [0.4, 0.5) is 0 Å². The highest BCUT2D eigenvalue weighted by molar-refractivity contribution is 5.75. The molecule has 1 aliphatic rings. The maximum Gasteiger partial charge on any atom is 0.238 e. The average molecular weight is 275 g/mol. The molecule has 1 saturated heterocycles. The fourth-order valence-electron chi connectivity index (χ4n) is 2.51. The van der Waals surface area contributed by atoms with Crippen molar-refractivity contribution in [3.8, 4) is 11.6 Å². The molecule has 0 bridgehead atoms. The number of rotatable bonds is 3. The normalized spacial score (nSPS) is 16.6. The van der Waals surface area contributed by atoms with E-state index in [0.717, 1.165) is 25.9 Å². The molecule has 6 nitrogen and oxygen atoms in total. The lowest BCUT2D eigenvalue weighted by molar-refractivity contribution is -0.131. The second kappa shape index (κ2) is 5.48. The van der Waals surface area contributed by atoms with Crippen molar-refractivity contribution in [2.45, 2.75) is 32.1 Å². The van der Waals surface area contributed by atoms with E-state index in [-0.39, 0.29) is 11.8 Å². The van der Waals surface area contributed by atoms with Gasteiger partial charge in [0.1, 0.15) is 0 Å². The molecule has 0 aromatic carbocycles. The van der Waals surface area contributed by atoms with E-state index in [9.17, 15) is 4.79 Å². The van der Waals surface area contributed by atoms with Crippen LogP contribution >= 0.6 is 0 Å². The molecule has 0 aliphatic carbocycles. The molecule has 3 rings (SSSR count). The minimum atomic E-state index is 0.213. The number of hydrogen-bond acceptors (Lipinski definition) is 5. The molecule has 1 amide bonds. The molecule has 0 N–H and O–H groups in total. The highest BCUT2D eigenvalue weighted by Crippen LogP contribution is 2.28. The Balaban J connectivity index is 1.65. The summed E-state index contributed by atoms with van der Waals surface area (Å²) in [5.41, 5.74) is 0. The number of aromatic nitrogens is 2. The van der Waals surface area contributed by atoms with Gasteiger partial charge in [0, 0.05) is 25.4 Å². The lowest BCUT2D eigenvalue weighted by atomic mass is 9.96. The van der Waals surface area contributed by atoms with Gasteiger partial charge in [0.2, 0.25) is 17.6 Å². The Morgan fingerprint density at radius 3 is 2.90 bits per heavy atom. The number of amides is 1. The van der Waals surface area contributed by atoms with Crippen LogP contribution in [0, 0.1) is 0 Å². The van der Waals surface area contributed by atoms with Crippen LogP contribution in [0.1, 0.15) is 38.0 Å². The summed E-state index contributed by atoms with van der Waals surface area (Å²) >= 11 is 0. The minimum absolute atomic E-state index is 0.213. The first-order chi connectivity index (χ1) is 9.78. The number of carbonyl (C=O) groups excluding carboxylic acids is 1. The number of furan rings is 1. The third-order valence-electron chi connectivity index (χ3n) is 3.68. The maximum absolute atomic E-state index is 11.6. The highest BCUT2D eigenvalue weighted by Gasteiger charge is 2.27. The molecule has 6 heteroatoms. The van der Waals surface area contributed by atoms with Gasteiger partial charge in [-0.25, -0.2) is 0 Å². The second-order valence-corrected chi connectivity index (χ2v) is 4.94. The van der Waals surface area contributed by atoms with Crippen LogP contribution in [0.2, 0.25) is 0 Å². The van der Waals surface area contributed by atoms with Crippen molar-refractivity contribution < 1.29 is 13.7 Å². The maximum atomic E-state index is 11.6. The van der Waals surface area contributed by atoms with Crippen molar-refractivity contribution in [1.82, 2.24) is 15.0 Å². The van der Waals surface area contributed by atoms with E-state index in [2.05, 4.69) is 10.1 Å². The number of piperidine rings is 1. The van der Waals surface area contributed by atoms with Crippen molar-refractivity contribution in [2.24, 2.45) is 0 Å². The van der Waals surface area contributed by atoms with E-state index in [1.165, 1.54) is 0 Å². The smallest absolute Gasteiger partial charge is 0.238 e. The zero-order valence-corrected chi connectivity index (χ0v) is 11.4. The molecule has 2 aromatic heterocycles. The van der Waals surface area contributed by atoms with Crippen LogP contribution in [-0.4, -0.2) is 34.0 Å². The quantitative estimate of drug-likeness (QED) is 0.860. The Morgan fingerprint density at radius 2 is 2.25 bits per heavy atom. The van der Waals surface area contributed by atoms with Crippen LogP contribution < -0.4 is 0 Å². The highest BCUT2D eigenvalue weighted by atomic mass is 16.5. The third-order valence-corrected chi connectivity index (χ3v) is 3.68. The molecule has 1 aliphatic heterocycles. The number of likely N-dealkylation sites (tertiary alicyclic amines) is 1. The Kier molecular flexibility index (Phi) is 3.54. The van der Waals surface area contributed by atoms with Gasteiger partial charge in [-0.3, -0.25) is 4.79 Å². The predicted octanol–water partition coefficient (Wildman–Crippen LogP) is 2.45. The fourth-order valence-corrected chi connectivity index (χ4v) is 2.51. The molecular weight excluding hydrogens is 258 g/mol. The van der Waals surface area contributed by atoms with Crippen LogP contribution in [-0.2, 0) is 4.79 Å². The first-order valence-electron chi connectivity index (χ1n) is 6.93. The van der Waals surface area contributed by atoms with Crippen LogP contribution in [0.5, 0.6) is 0 Å². The number of nitrogens with zero attached hydrogens (tertiary/aromatic N) is 3. The molecule has 2 aromatic rings. The van der Waals surface area contributed by atoms with Crippen molar-refractivity contribution in [2.75, 3.05) is 13.1 Å². The first kappa shape index (κ1) is 12.9. The Bertz CT molecular complexity index is 568. The zero-order chi connectivity index (χ0) is 13.9. The van der Waals surface area contributed by atoms with Crippen LogP contribution in [0.25, 0.3) is 11.6 Å². The number of hydrogen-bond donors (Lipinski definition) is 0. The van der Waals surface area contributed by atoms with Crippen molar-refractivity contribution in [3.05, 3.63) is 24.3 Å². The van der Waals surface area contributed by atoms with Gasteiger partial charge >= 0.3 is 0 Å². The van der Waals surface area contributed by atoms with Crippen molar-refractivity contribution >= 4 is 5.91 Å². The zero-order valence-electron chi connectivity index (χ0n) is 11.4. The standard InChI is InChI=1S/C14H17N3O3/c1-2-12(18)17-7-5-10(6-8-17)14-15-13(16-20-14)11-4-3-9-19-11/h3-4,9-10H,2,5-8H2,1H3. The van der Waals surface area contributed by atoms with E-state index < -0.39 is 0 Å². The molecule has 0 radical (unpaired) electrons. The Morgan fingerprint density at radius 1 is 1.45 bits per heavy atom. The van der Waals surface area contributed by atoms with Crippen LogP contribution in [0.3, 0.4) is 0 Å². The molecular formula is C14H17N3O3. The SMILES string of the molecule is CCC(=O)N1CCC(c2nc(-c3ccco3)no2)CC1. The molecule has 0 saturated carbocycles. The summed E-state index contributed by atoms with van der Waals surface area (Å²) in [6.07, 6.45) is 3.88. The summed E-state index contributed by atoms with van der Waals surface area (Å²) < 4.78 is 10.6. The van der Waals surface area contributed by atoms with E-state index in [4.69, 9.17) is 8.94 Å². The van der Waals surface area contributed by atoms with Gasteiger partial charge in [-0.1, -0.05) is 12.1 Å². The van der Waals surface area contributed by atoms with Gasteiger partial charge in [0.15, 0.2) is 5.76 Å². The van der Waals surface area contributed by atoms with Crippen molar-refractivity contribution in [1.29, 1.82) is 0 Å². The number of carbonyl (C=O) groups is 1. The third kappa shape index (κ3) is 2.45. The lowest BCUT2D eigenvalue weighted by Crippen LogP contribution is -2.37. The predicted molar refractivity (Wildman–Crippen MR) is 70.8 cm³/mol. The summed E-state index contributed by atoms with van der Waals surface area (Å²) in [6, 6.07) is 3.59. The molecule has 1 fully saturated rings. The largest absolute Gasteiger partial charge is 0.461 e. The van der Waals surface area contributed by atoms with E-state index in [1.54, 1.807) is 18.4 Å². The average Bonchev–Trinajstić information content (AvgIpc) is 3.17. The van der Waals surface area contributed by atoms with Crippen LogP contribution in [0.15, 0.2) is 27.3 Å². The van der Waals surface area contributed by atoms with Gasteiger partial charge in [-0.05, 0) is 25.0 Å². The summed E-state index contributed by atoms with van der Waals surface area (Å²) in [6.45, 7) is 3.41. The Labute approximate surface area is 116 Å². The monoisotopic (exact) mass is 275 g/mol. The topological polar surface area (TPSA) is 72.4 Å². The second-order valence-electron chi connectivity index (χ2n) is 4.94. The molecule has 0 atom stereocenters. The summed E-state index contributed by atoms with van der Waals surface area (Å²) in [5, 5.41) is 3.94. The fraction of sp³-hybridized carbons (Fsp3) is 0.500. The summed E-state index contributed by atoms with van der Waals surface area (Å²) in [4.78, 5) is 17.9. The molecule has 20 heavy (non-hydrogen) atoms. The first-order valence-corrected chi connectivity index (χ1v) is 6.93. The van der Waals surface area contributed by atoms with Gasteiger partial charge < -0.3 is 13.8 Å². The minimum Gasteiger partial charge on any atom is -0.461 e. The molecule has 3 heterocycles. The molecule has 0 unspecified atom stereocenters. The van der Waals surface area contributed by atoms with Gasteiger partial charge in [0.05, 0.1) is 6.26 Å². The lowest BCUT2D eigenvalue weighted by Gasteiger charge is -2.30. The van der Waals surface area contributed by atoms with Gasteiger partial charge in [0.25, 0.3) is 0 Å². The molecule has 106 valence electrons. The van der Waals surface area contributed by atoms with Crippen molar-refractivity contribution in [3.63, 3.8) is 0 Å². The summed E-state index contributed by atoms with van der Waals surface area (Å²) in [7, 11) is 0. The summed E-state index contributed by atoms with van der Waals surface area (Å²) in [5.74, 6) is 2.17. The van der Waals surface area contributed by atoms with Gasteiger partial charge in [-0.15, -0.1) is 0 Å². The van der Waals surface area contributed by atoms with Gasteiger partial charge in [-0.2, -0.15) is 4.98 Å². The molecule has 0 spiro atoms.